The van der Waals surface area contributed by atoms with Crippen molar-refractivity contribution in [3.8, 4) is 0 Å². The average Bonchev–Trinajstić information content (AvgIpc) is 2.34. The molecule has 1 nitrogen and oxygen atoms in total. The fourth-order valence-electron chi connectivity index (χ4n) is 1.56. The van der Waals surface area contributed by atoms with Gasteiger partial charge in [0, 0.05) is 18.7 Å². The van der Waals surface area contributed by atoms with Crippen LogP contribution in [0.2, 0.25) is 0 Å². The first-order valence-corrected chi connectivity index (χ1v) is 5.50. The summed E-state index contributed by atoms with van der Waals surface area (Å²) in [6.45, 7) is 2.31. The van der Waals surface area contributed by atoms with Crippen LogP contribution in [-0.4, -0.2) is 0 Å². The summed E-state index contributed by atoms with van der Waals surface area (Å²) >= 11 is 0. The Morgan fingerprint density at radius 2 is 1.50 bits per heavy atom. The molecular weight excluding hydrogens is 239 g/mol. The molecule has 0 aromatic heterocycles. The van der Waals surface area contributed by atoms with Crippen LogP contribution in [-0.2, 0) is 6.54 Å². The summed E-state index contributed by atoms with van der Waals surface area (Å²) in [5, 5.41) is 2.74. The first-order valence-electron chi connectivity index (χ1n) is 5.50. The van der Waals surface area contributed by atoms with Gasteiger partial charge in [0.15, 0.2) is 11.6 Å². The van der Waals surface area contributed by atoms with Crippen LogP contribution in [0, 0.1) is 24.4 Å². The molecule has 0 aliphatic heterocycles. The van der Waals surface area contributed by atoms with Crippen molar-refractivity contribution in [2.45, 2.75) is 13.5 Å². The lowest BCUT2D eigenvalue weighted by atomic mass is 10.1. The molecule has 0 saturated heterocycles. The zero-order chi connectivity index (χ0) is 13.1. The van der Waals surface area contributed by atoms with Crippen LogP contribution >= 0.6 is 0 Å². The first kappa shape index (κ1) is 12.5. The Morgan fingerprint density at radius 1 is 0.889 bits per heavy atom. The van der Waals surface area contributed by atoms with Gasteiger partial charge in [0.05, 0.1) is 5.69 Å². The van der Waals surface area contributed by atoms with E-state index in [4.69, 9.17) is 0 Å². The predicted octanol–water partition coefficient (Wildman–Crippen LogP) is 4.02. The van der Waals surface area contributed by atoms with Crippen LogP contribution in [0.5, 0.6) is 0 Å². The standard InChI is InChI=1S/C14H12F3N/c1-9-2-4-10(5-3-9)8-18-14-7-12(16)11(15)6-13(14)17/h2-7,18H,8H2,1H3. The smallest absolute Gasteiger partial charge is 0.161 e. The predicted molar refractivity (Wildman–Crippen MR) is 64.8 cm³/mol. The van der Waals surface area contributed by atoms with Crippen molar-refractivity contribution in [1.82, 2.24) is 0 Å². The van der Waals surface area contributed by atoms with Gasteiger partial charge in [0.25, 0.3) is 0 Å². The third kappa shape index (κ3) is 2.83. The van der Waals surface area contributed by atoms with Gasteiger partial charge < -0.3 is 5.32 Å². The second-order valence-electron chi connectivity index (χ2n) is 4.09. The summed E-state index contributed by atoms with van der Waals surface area (Å²) < 4.78 is 39.0. The minimum atomic E-state index is -1.19. The normalized spacial score (nSPS) is 10.4. The molecule has 0 fully saturated rings. The molecule has 2 aromatic rings. The van der Waals surface area contributed by atoms with E-state index in [1.165, 1.54) is 0 Å². The van der Waals surface area contributed by atoms with E-state index >= 15 is 0 Å². The van der Waals surface area contributed by atoms with Crippen LogP contribution in [0.4, 0.5) is 18.9 Å². The number of hydrogen-bond donors (Lipinski definition) is 1. The van der Waals surface area contributed by atoms with Crippen LogP contribution in [0.1, 0.15) is 11.1 Å². The summed E-state index contributed by atoms with van der Waals surface area (Å²) in [5.41, 5.74) is 2.01. The maximum absolute atomic E-state index is 13.3. The Labute approximate surface area is 103 Å². The van der Waals surface area contributed by atoms with E-state index < -0.39 is 17.5 Å². The van der Waals surface area contributed by atoms with E-state index in [-0.39, 0.29) is 5.69 Å². The molecule has 94 valence electrons. The summed E-state index contributed by atoms with van der Waals surface area (Å²) in [7, 11) is 0. The SMILES string of the molecule is Cc1ccc(CNc2cc(F)c(F)cc2F)cc1. The van der Waals surface area contributed by atoms with E-state index in [9.17, 15) is 13.2 Å². The van der Waals surface area contributed by atoms with Crippen LogP contribution in [0.25, 0.3) is 0 Å². The first-order chi connectivity index (χ1) is 8.56. The zero-order valence-corrected chi connectivity index (χ0v) is 9.81. The van der Waals surface area contributed by atoms with Gasteiger partial charge in [-0.05, 0) is 12.5 Å². The van der Waals surface area contributed by atoms with Crippen LogP contribution in [0.3, 0.4) is 0 Å². The average molecular weight is 251 g/mol. The van der Waals surface area contributed by atoms with E-state index in [0.29, 0.717) is 12.6 Å². The molecule has 0 bridgehead atoms. The molecule has 0 heterocycles. The Balaban J connectivity index is 2.10. The van der Waals surface area contributed by atoms with E-state index in [0.717, 1.165) is 17.2 Å². The molecule has 0 aliphatic carbocycles. The summed E-state index contributed by atoms with van der Waals surface area (Å²) in [5.74, 6) is -3.06. The minimum Gasteiger partial charge on any atom is -0.379 e. The number of halogens is 3. The van der Waals surface area contributed by atoms with Gasteiger partial charge in [-0.1, -0.05) is 29.8 Å². The van der Waals surface area contributed by atoms with Crippen molar-refractivity contribution in [2.75, 3.05) is 5.32 Å². The fraction of sp³-hybridized carbons (Fsp3) is 0.143. The third-order valence-corrected chi connectivity index (χ3v) is 2.61. The fourth-order valence-corrected chi connectivity index (χ4v) is 1.56. The van der Waals surface area contributed by atoms with E-state index in [1.54, 1.807) is 0 Å². The van der Waals surface area contributed by atoms with Gasteiger partial charge in [-0.2, -0.15) is 0 Å². The lowest BCUT2D eigenvalue weighted by molar-refractivity contribution is 0.496. The maximum Gasteiger partial charge on any atom is 0.161 e. The molecule has 0 radical (unpaired) electrons. The van der Waals surface area contributed by atoms with Gasteiger partial charge >= 0.3 is 0 Å². The number of anilines is 1. The molecule has 18 heavy (non-hydrogen) atoms. The van der Waals surface area contributed by atoms with Crippen molar-refractivity contribution in [3.05, 3.63) is 65.0 Å². The van der Waals surface area contributed by atoms with Gasteiger partial charge in [0.2, 0.25) is 0 Å². The molecule has 0 atom stereocenters. The van der Waals surface area contributed by atoms with Crippen molar-refractivity contribution >= 4 is 5.69 Å². The van der Waals surface area contributed by atoms with Crippen molar-refractivity contribution in [1.29, 1.82) is 0 Å². The number of rotatable bonds is 3. The molecule has 2 aromatic carbocycles. The van der Waals surface area contributed by atoms with Gasteiger partial charge in [0.1, 0.15) is 5.82 Å². The lowest BCUT2D eigenvalue weighted by Crippen LogP contribution is -2.03. The minimum absolute atomic E-state index is 0.0468. The Hall–Kier alpha value is -1.97. The molecule has 0 spiro atoms. The highest BCUT2D eigenvalue weighted by Crippen LogP contribution is 2.19. The molecule has 0 amide bonds. The van der Waals surface area contributed by atoms with Crippen LogP contribution in [0.15, 0.2) is 36.4 Å². The largest absolute Gasteiger partial charge is 0.379 e. The highest BCUT2D eigenvalue weighted by atomic mass is 19.2. The van der Waals surface area contributed by atoms with Crippen molar-refractivity contribution in [3.63, 3.8) is 0 Å². The van der Waals surface area contributed by atoms with Crippen molar-refractivity contribution in [2.24, 2.45) is 0 Å². The van der Waals surface area contributed by atoms with Gasteiger partial charge in [-0.15, -0.1) is 0 Å². The number of hydrogen-bond acceptors (Lipinski definition) is 1. The second-order valence-corrected chi connectivity index (χ2v) is 4.09. The third-order valence-electron chi connectivity index (χ3n) is 2.61. The number of aryl methyl sites for hydroxylation is 1. The Bertz CT molecular complexity index is 550. The Morgan fingerprint density at radius 3 is 2.17 bits per heavy atom. The molecule has 0 saturated carbocycles. The van der Waals surface area contributed by atoms with E-state index in [2.05, 4.69) is 5.32 Å². The van der Waals surface area contributed by atoms with Gasteiger partial charge in [-0.25, -0.2) is 13.2 Å². The molecule has 4 heteroatoms. The van der Waals surface area contributed by atoms with Gasteiger partial charge in [-0.3, -0.25) is 0 Å². The quantitative estimate of drug-likeness (QED) is 0.812. The molecule has 1 N–H and O–H groups in total. The Kier molecular flexibility index (Phi) is 3.55. The molecular formula is C14H12F3N. The number of benzene rings is 2. The van der Waals surface area contributed by atoms with Crippen molar-refractivity contribution < 1.29 is 13.2 Å². The topological polar surface area (TPSA) is 12.0 Å². The molecule has 2 rings (SSSR count). The highest BCUT2D eigenvalue weighted by molar-refractivity contribution is 5.45. The maximum atomic E-state index is 13.3. The molecule has 0 unspecified atom stereocenters. The molecule has 0 aliphatic rings. The second kappa shape index (κ2) is 5.12. The van der Waals surface area contributed by atoms with E-state index in [1.807, 2.05) is 31.2 Å². The van der Waals surface area contributed by atoms with Crippen LogP contribution < -0.4 is 5.32 Å². The lowest BCUT2D eigenvalue weighted by Gasteiger charge is -2.08. The zero-order valence-electron chi connectivity index (χ0n) is 9.81. The summed E-state index contributed by atoms with van der Waals surface area (Å²) in [6.07, 6.45) is 0. The highest BCUT2D eigenvalue weighted by Gasteiger charge is 2.09. The summed E-state index contributed by atoms with van der Waals surface area (Å²) in [6, 6.07) is 8.99. The monoisotopic (exact) mass is 251 g/mol. The summed E-state index contributed by atoms with van der Waals surface area (Å²) in [4.78, 5) is 0. The number of nitrogens with one attached hydrogen (secondary N) is 1.